The molecule has 1 aromatic rings. The molecule has 0 saturated heterocycles. The molecule has 0 radical (unpaired) electrons. The molecule has 1 heterocycles. The second kappa shape index (κ2) is 5.07. The van der Waals surface area contributed by atoms with E-state index >= 15 is 0 Å². The van der Waals surface area contributed by atoms with Crippen molar-refractivity contribution < 1.29 is 14.3 Å². The summed E-state index contributed by atoms with van der Waals surface area (Å²) in [7, 11) is 1.53. The van der Waals surface area contributed by atoms with Crippen molar-refractivity contribution in [3.8, 4) is 5.75 Å². The summed E-state index contributed by atoms with van der Waals surface area (Å²) in [6, 6.07) is 3.70. The summed E-state index contributed by atoms with van der Waals surface area (Å²) in [6.45, 7) is 2.41. The number of carbonyl (C=O) groups is 1. The number of hydrogen-bond acceptors (Lipinski definition) is 3. The summed E-state index contributed by atoms with van der Waals surface area (Å²) >= 11 is 6.03. The van der Waals surface area contributed by atoms with Crippen molar-refractivity contribution in [2.45, 2.75) is 25.9 Å². The average molecular weight is 255 g/mol. The number of rotatable bonds is 4. The number of methoxy groups -OCH3 is 1. The monoisotopic (exact) mass is 254 g/mol. The van der Waals surface area contributed by atoms with Crippen LogP contribution in [0.4, 0.5) is 0 Å². The molecule has 17 heavy (non-hydrogen) atoms. The van der Waals surface area contributed by atoms with Crippen LogP contribution in [-0.2, 0) is 22.4 Å². The molecular formula is C13H15ClO3. The summed E-state index contributed by atoms with van der Waals surface area (Å²) in [5.74, 6) is 0.860. The van der Waals surface area contributed by atoms with Crippen molar-refractivity contribution in [1.82, 2.24) is 0 Å². The van der Waals surface area contributed by atoms with Gasteiger partial charge in [0.05, 0.1) is 6.61 Å². The lowest BCUT2D eigenvalue weighted by atomic mass is 10.0. The minimum absolute atomic E-state index is 0.0347. The Kier molecular flexibility index (Phi) is 3.69. The first-order chi connectivity index (χ1) is 8.11. The van der Waals surface area contributed by atoms with Crippen LogP contribution in [0.1, 0.15) is 18.1 Å². The van der Waals surface area contributed by atoms with E-state index in [1.54, 1.807) is 13.0 Å². The molecule has 0 N–H and O–H groups in total. The SMILES string of the molecule is COC(C)C(=O)Cc1cc(Cl)cc2c1OCC2. The molecule has 1 unspecified atom stereocenters. The lowest BCUT2D eigenvalue weighted by Crippen LogP contribution is -2.21. The van der Waals surface area contributed by atoms with Gasteiger partial charge in [-0.1, -0.05) is 11.6 Å². The minimum atomic E-state index is -0.397. The molecule has 0 aromatic heterocycles. The topological polar surface area (TPSA) is 35.5 Å². The van der Waals surface area contributed by atoms with Crippen LogP contribution in [0.15, 0.2) is 12.1 Å². The van der Waals surface area contributed by atoms with Crippen LogP contribution >= 0.6 is 11.6 Å². The van der Waals surface area contributed by atoms with Crippen molar-refractivity contribution in [2.75, 3.05) is 13.7 Å². The van der Waals surface area contributed by atoms with E-state index in [0.717, 1.165) is 23.3 Å². The van der Waals surface area contributed by atoms with E-state index in [4.69, 9.17) is 21.1 Å². The Morgan fingerprint density at radius 3 is 3.06 bits per heavy atom. The molecular weight excluding hydrogens is 240 g/mol. The van der Waals surface area contributed by atoms with Gasteiger partial charge in [0, 0.05) is 30.5 Å². The molecule has 4 heteroatoms. The molecule has 1 aliphatic rings. The van der Waals surface area contributed by atoms with E-state index in [1.807, 2.05) is 6.07 Å². The number of halogens is 1. The second-order valence-corrected chi connectivity index (χ2v) is 4.61. The third-order valence-corrected chi connectivity index (χ3v) is 3.22. The van der Waals surface area contributed by atoms with Crippen LogP contribution in [0, 0.1) is 0 Å². The van der Waals surface area contributed by atoms with E-state index < -0.39 is 6.10 Å². The number of carbonyl (C=O) groups excluding carboxylic acids is 1. The number of Topliss-reactive ketones (excluding diaryl/α,β-unsaturated/α-hetero) is 1. The van der Waals surface area contributed by atoms with Gasteiger partial charge < -0.3 is 9.47 Å². The van der Waals surface area contributed by atoms with Gasteiger partial charge in [0.15, 0.2) is 5.78 Å². The summed E-state index contributed by atoms with van der Waals surface area (Å²) in [6.07, 6.45) is 0.764. The molecule has 0 aliphatic carbocycles. The zero-order chi connectivity index (χ0) is 12.4. The van der Waals surface area contributed by atoms with Crippen molar-refractivity contribution in [3.05, 3.63) is 28.3 Å². The average Bonchev–Trinajstić information content (AvgIpc) is 2.75. The Balaban J connectivity index is 2.24. The molecule has 0 spiro atoms. The van der Waals surface area contributed by atoms with Gasteiger partial charge in [-0.2, -0.15) is 0 Å². The van der Waals surface area contributed by atoms with Gasteiger partial charge in [-0.05, 0) is 24.6 Å². The highest BCUT2D eigenvalue weighted by atomic mass is 35.5. The van der Waals surface area contributed by atoms with E-state index in [-0.39, 0.29) is 5.78 Å². The minimum Gasteiger partial charge on any atom is -0.493 e. The Bertz CT molecular complexity index is 443. The normalized spacial score (nSPS) is 15.2. The van der Waals surface area contributed by atoms with Gasteiger partial charge in [-0.25, -0.2) is 0 Å². The van der Waals surface area contributed by atoms with Gasteiger partial charge in [0.25, 0.3) is 0 Å². The maximum absolute atomic E-state index is 11.8. The summed E-state index contributed by atoms with van der Waals surface area (Å²) < 4.78 is 10.6. The molecule has 1 atom stereocenters. The molecule has 0 fully saturated rings. The lowest BCUT2D eigenvalue weighted by Gasteiger charge is -2.11. The van der Waals surface area contributed by atoms with Gasteiger partial charge in [0.1, 0.15) is 11.9 Å². The van der Waals surface area contributed by atoms with Crippen LogP contribution < -0.4 is 4.74 Å². The lowest BCUT2D eigenvalue weighted by molar-refractivity contribution is -0.127. The highest BCUT2D eigenvalue weighted by Crippen LogP contribution is 2.33. The predicted octanol–water partition coefficient (Wildman–Crippen LogP) is 2.42. The first kappa shape index (κ1) is 12.4. The highest BCUT2D eigenvalue weighted by Gasteiger charge is 2.21. The van der Waals surface area contributed by atoms with E-state index in [2.05, 4.69) is 0 Å². The van der Waals surface area contributed by atoms with Crippen LogP contribution in [0.3, 0.4) is 0 Å². The van der Waals surface area contributed by atoms with Crippen LogP contribution in [0.5, 0.6) is 5.75 Å². The fourth-order valence-corrected chi connectivity index (χ4v) is 2.20. The Morgan fingerprint density at radius 2 is 2.35 bits per heavy atom. The van der Waals surface area contributed by atoms with Crippen molar-refractivity contribution in [2.24, 2.45) is 0 Å². The third-order valence-electron chi connectivity index (χ3n) is 3.00. The molecule has 0 amide bonds. The summed E-state index contributed by atoms with van der Waals surface area (Å²) in [5, 5.41) is 0.655. The highest BCUT2D eigenvalue weighted by molar-refractivity contribution is 6.30. The number of fused-ring (bicyclic) bond motifs is 1. The Labute approximate surface area is 106 Å². The zero-order valence-corrected chi connectivity index (χ0v) is 10.7. The zero-order valence-electron chi connectivity index (χ0n) is 9.96. The maximum atomic E-state index is 11.8. The van der Waals surface area contributed by atoms with Gasteiger partial charge in [-0.3, -0.25) is 4.79 Å². The molecule has 1 aromatic carbocycles. The first-order valence-corrected chi connectivity index (χ1v) is 5.99. The molecule has 92 valence electrons. The van der Waals surface area contributed by atoms with E-state index in [9.17, 15) is 4.79 Å². The molecule has 2 rings (SSSR count). The molecule has 1 aliphatic heterocycles. The molecule has 3 nitrogen and oxygen atoms in total. The Hall–Kier alpha value is -1.06. The second-order valence-electron chi connectivity index (χ2n) is 4.17. The number of hydrogen-bond donors (Lipinski definition) is 0. The van der Waals surface area contributed by atoms with Gasteiger partial charge in [-0.15, -0.1) is 0 Å². The fraction of sp³-hybridized carbons (Fsp3) is 0.462. The van der Waals surface area contributed by atoms with Crippen LogP contribution in [0.25, 0.3) is 0 Å². The summed E-state index contributed by atoms with van der Waals surface area (Å²) in [4.78, 5) is 11.8. The third kappa shape index (κ3) is 2.61. The van der Waals surface area contributed by atoms with Crippen molar-refractivity contribution in [3.63, 3.8) is 0 Å². The first-order valence-electron chi connectivity index (χ1n) is 5.61. The maximum Gasteiger partial charge on any atom is 0.165 e. The van der Waals surface area contributed by atoms with Crippen LogP contribution in [-0.4, -0.2) is 25.6 Å². The summed E-state index contributed by atoms with van der Waals surface area (Å²) in [5.41, 5.74) is 1.95. The fourth-order valence-electron chi connectivity index (χ4n) is 1.94. The van der Waals surface area contributed by atoms with Gasteiger partial charge in [0.2, 0.25) is 0 Å². The number of benzene rings is 1. The van der Waals surface area contributed by atoms with Crippen LogP contribution in [0.2, 0.25) is 5.02 Å². The van der Waals surface area contributed by atoms with E-state index in [1.165, 1.54) is 7.11 Å². The standard InChI is InChI=1S/C13H15ClO3/c1-8(16-2)12(15)7-10-6-11(14)5-9-3-4-17-13(9)10/h5-6,8H,3-4,7H2,1-2H3. The van der Waals surface area contributed by atoms with Crippen molar-refractivity contribution >= 4 is 17.4 Å². The molecule has 0 saturated carbocycles. The number of ether oxygens (including phenoxy) is 2. The van der Waals surface area contributed by atoms with E-state index in [0.29, 0.717) is 18.1 Å². The smallest absolute Gasteiger partial charge is 0.165 e. The molecule has 0 bridgehead atoms. The largest absolute Gasteiger partial charge is 0.493 e. The van der Waals surface area contributed by atoms with Crippen molar-refractivity contribution in [1.29, 1.82) is 0 Å². The van der Waals surface area contributed by atoms with Gasteiger partial charge >= 0.3 is 0 Å². The Morgan fingerprint density at radius 1 is 1.59 bits per heavy atom. The number of ketones is 1. The predicted molar refractivity (Wildman–Crippen MR) is 65.8 cm³/mol. The quantitative estimate of drug-likeness (QED) is 0.828.